The zero-order valence-corrected chi connectivity index (χ0v) is 19.1. The van der Waals surface area contributed by atoms with Crippen molar-refractivity contribution < 1.29 is 14.3 Å². The first kappa shape index (κ1) is 21.6. The Hall–Kier alpha value is -3.60. The maximum Gasteiger partial charge on any atom is 0.283 e. The van der Waals surface area contributed by atoms with E-state index in [9.17, 15) is 9.59 Å². The molecule has 2 aromatic heterocycles. The molecule has 0 fully saturated rings. The molecule has 1 aliphatic heterocycles. The van der Waals surface area contributed by atoms with Crippen LogP contribution in [-0.2, 0) is 11.3 Å². The molecular weight excluding hydrogens is 430 g/mol. The van der Waals surface area contributed by atoms with Gasteiger partial charge in [0.2, 0.25) is 5.91 Å². The number of amides is 2. The van der Waals surface area contributed by atoms with E-state index in [2.05, 4.69) is 25.3 Å². The van der Waals surface area contributed by atoms with Crippen molar-refractivity contribution in [1.29, 1.82) is 0 Å². The van der Waals surface area contributed by atoms with E-state index < -0.39 is 0 Å². The molecule has 166 valence electrons. The van der Waals surface area contributed by atoms with Gasteiger partial charge in [-0.1, -0.05) is 11.3 Å². The van der Waals surface area contributed by atoms with Gasteiger partial charge in [0.25, 0.3) is 5.91 Å². The van der Waals surface area contributed by atoms with Crippen LogP contribution in [0, 0.1) is 0 Å². The van der Waals surface area contributed by atoms with E-state index in [-0.39, 0.29) is 23.4 Å². The molecule has 2 amide bonds. The molecular formula is C21H23N7O3S. The predicted molar refractivity (Wildman–Crippen MR) is 123 cm³/mol. The SMILES string of the molecule is CCOc1cc2c(cc1Nc1ncnc3sc(C(=O)N(C)CC(=O)N(C)C)nc13)C=NC2. The number of thiazole rings is 1. The first-order valence-electron chi connectivity index (χ1n) is 10.0. The van der Waals surface area contributed by atoms with Gasteiger partial charge in [0, 0.05) is 27.4 Å². The summed E-state index contributed by atoms with van der Waals surface area (Å²) in [5, 5.41) is 3.52. The van der Waals surface area contributed by atoms with Gasteiger partial charge in [-0.3, -0.25) is 14.6 Å². The molecule has 3 heterocycles. The number of carbonyl (C=O) groups is 2. The Kier molecular flexibility index (Phi) is 5.99. The van der Waals surface area contributed by atoms with Crippen molar-refractivity contribution in [3.63, 3.8) is 0 Å². The van der Waals surface area contributed by atoms with Crippen molar-refractivity contribution in [2.75, 3.05) is 39.6 Å². The number of aliphatic imine (C=N–C) groups is 1. The molecule has 1 aromatic carbocycles. The van der Waals surface area contributed by atoms with Crippen LogP contribution in [0.25, 0.3) is 10.3 Å². The van der Waals surface area contributed by atoms with Crippen molar-refractivity contribution in [1.82, 2.24) is 24.8 Å². The second-order valence-corrected chi connectivity index (χ2v) is 8.40. The number of likely N-dealkylation sites (N-methyl/N-ethyl adjacent to an activating group) is 2. The van der Waals surface area contributed by atoms with Gasteiger partial charge in [-0.25, -0.2) is 15.0 Å². The van der Waals surface area contributed by atoms with Gasteiger partial charge in [-0.15, -0.1) is 0 Å². The largest absolute Gasteiger partial charge is 0.492 e. The Labute approximate surface area is 189 Å². The average Bonchev–Trinajstić information content (AvgIpc) is 3.40. The summed E-state index contributed by atoms with van der Waals surface area (Å²) < 4.78 is 5.80. The number of anilines is 2. The quantitative estimate of drug-likeness (QED) is 0.584. The van der Waals surface area contributed by atoms with Crippen LogP contribution in [0.5, 0.6) is 5.75 Å². The number of fused-ring (bicyclic) bond motifs is 2. The molecule has 32 heavy (non-hydrogen) atoms. The molecule has 0 spiro atoms. The summed E-state index contributed by atoms with van der Waals surface area (Å²) in [6.45, 7) is 3.04. The third-order valence-corrected chi connectivity index (χ3v) is 5.83. The van der Waals surface area contributed by atoms with Gasteiger partial charge in [-0.05, 0) is 30.2 Å². The monoisotopic (exact) mass is 453 g/mol. The van der Waals surface area contributed by atoms with E-state index >= 15 is 0 Å². The molecule has 1 aliphatic rings. The molecule has 1 N–H and O–H groups in total. The molecule has 0 bridgehead atoms. The summed E-state index contributed by atoms with van der Waals surface area (Å²) in [5.41, 5.74) is 3.32. The summed E-state index contributed by atoms with van der Waals surface area (Å²) >= 11 is 1.16. The van der Waals surface area contributed by atoms with Gasteiger partial charge in [0.05, 0.1) is 25.4 Å². The lowest BCUT2D eigenvalue weighted by Gasteiger charge is -2.17. The van der Waals surface area contributed by atoms with Crippen LogP contribution in [0.3, 0.4) is 0 Å². The van der Waals surface area contributed by atoms with Crippen molar-refractivity contribution in [2.24, 2.45) is 4.99 Å². The van der Waals surface area contributed by atoms with E-state index in [1.165, 1.54) is 16.1 Å². The van der Waals surface area contributed by atoms with Crippen molar-refractivity contribution in [3.05, 3.63) is 34.6 Å². The Balaban J connectivity index is 1.64. The lowest BCUT2D eigenvalue weighted by Crippen LogP contribution is -2.37. The number of nitrogens with zero attached hydrogens (tertiary/aromatic N) is 6. The second kappa shape index (κ2) is 8.87. The van der Waals surface area contributed by atoms with Gasteiger partial charge in [0.1, 0.15) is 22.4 Å². The van der Waals surface area contributed by atoms with Crippen molar-refractivity contribution in [3.8, 4) is 5.75 Å². The van der Waals surface area contributed by atoms with Gasteiger partial charge < -0.3 is 19.9 Å². The van der Waals surface area contributed by atoms with Crippen molar-refractivity contribution >= 4 is 51.2 Å². The third kappa shape index (κ3) is 4.24. The zero-order chi connectivity index (χ0) is 22.8. The van der Waals surface area contributed by atoms with Crippen LogP contribution in [-0.4, -0.2) is 77.1 Å². The van der Waals surface area contributed by atoms with Gasteiger partial charge in [-0.2, -0.15) is 0 Å². The minimum Gasteiger partial charge on any atom is -0.492 e. The van der Waals surface area contributed by atoms with Crippen LogP contribution in [0.4, 0.5) is 11.5 Å². The Morgan fingerprint density at radius 3 is 2.78 bits per heavy atom. The molecule has 0 aliphatic carbocycles. The number of benzene rings is 1. The predicted octanol–water partition coefficient (Wildman–Crippen LogP) is 2.32. The summed E-state index contributed by atoms with van der Waals surface area (Å²) in [6.07, 6.45) is 3.25. The van der Waals surface area contributed by atoms with E-state index in [1.54, 1.807) is 21.1 Å². The lowest BCUT2D eigenvalue weighted by atomic mass is 10.1. The second-order valence-electron chi connectivity index (χ2n) is 7.42. The fraction of sp³-hybridized carbons (Fsp3) is 0.333. The highest BCUT2D eigenvalue weighted by Crippen LogP contribution is 2.34. The maximum atomic E-state index is 12.8. The van der Waals surface area contributed by atoms with Crippen LogP contribution < -0.4 is 10.1 Å². The van der Waals surface area contributed by atoms with E-state index in [0.29, 0.717) is 35.1 Å². The normalized spacial score (nSPS) is 12.0. The maximum absolute atomic E-state index is 12.8. The number of carbonyl (C=O) groups excluding carboxylic acids is 2. The standard InChI is InChI=1S/C21H23N7O3S/c1-5-31-15-7-13-9-22-8-12(13)6-14(15)25-18-17-19(24-11-23-18)32-20(26-17)21(30)28(4)10-16(29)27(2)3/h6-8,11H,5,9-10H2,1-4H3,(H,23,24,25). The molecule has 4 rings (SSSR count). The highest BCUT2D eigenvalue weighted by Gasteiger charge is 2.22. The lowest BCUT2D eigenvalue weighted by molar-refractivity contribution is -0.129. The Morgan fingerprint density at radius 2 is 2.03 bits per heavy atom. The molecule has 0 saturated carbocycles. The molecule has 0 radical (unpaired) electrons. The topological polar surface area (TPSA) is 113 Å². The molecule has 0 atom stereocenters. The molecule has 10 nitrogen and oxygen atoms in total. The van der Waals surface area contributed by atoms with Crippen molar-refractivity contribution in [2.45, 2.75) is 13.5 Å². The van der Waals surface area contributed by atoms with E-state index in [0.717, 1.165) is 28.2 Å². The number of ether oxygens (including phenoxy) is 1. The zero-order valence-electron chi connectivity index (χ0n) is 18.2. The molecule has 0 unspecified atom stereocenters. The summed E-state index contributed by atoms with van der Waals surface area (Å²) in [7, 11) is 4.86. The number of hydrogen-bond acceptors (Lipinski definition) is 9. The van der Waals surface area contributed by atoms with Crippen LogP contribution in [0.15, 0.2) is 23.5 Å². The van der Waals surface area contributed by atoms with Gasteiger partial charge in [0.15, 0.2) is 10.8 Å². The number of rotatable bonds is 7. The van der Waals surface area contributed by atoms with Crippen LogP contribution in [0.2, 0.25) is 0 Å². The number of nitrogens with one attached hydrogen (secondary N) is 1. The van der Waals surface area contributed by atoms with Crippen LogP contribution in [0.1, 0.15) is 27.9 Å². The average molecular weight is 454 g/mol. The fourth-order valence-electron chi connectivity index (χ4n) is 3.15. The Morgan fingerprint density at radius 1 is 1.22 bits per heavy atom. The van der Waals surface area contributed by atoms with Crippen LogP contribution >= 0.6 is 11.3 Å². The highest BCUT2D eigenvalue weighted by atomic mass is 32.1. The number of hydrogen-bond donors (Lipinski definition) is 1. The number of aromatic nitrogens is 3. The first-order chi connectivity index (χ1) is 15.4. The summed E-state index contributed by atoms with van der Waals surface area (Å²) in [6, 6.07) is 3.93. The Bertz CT molecular complexity index is 1220. The van der Waals surface area contributed by atoms with Gasteiger partial charge >= 0.3 is 0 Å². The van der Waals surface area contributed by atoms with E-state index in [4.69, 9.17) is 4.74 Å². The minimum absolute atomic E-state index is 0.0348. The summed E-state index contributed by atoms with van der Waals surface area (Å²) in [5.74, 6) is 0.635. The minimum atomic E-state index is -0.349. The molecule has 3 aromatic rings. The highest BCUT2D eigenvalue weighted by molar-refractivity contribution is 7.19. The fourth-order valence-corrected chi connectivity index (χ4v) is 4.06. The molecule has 11 heteroatoms. The first-order valence-corrected chi connectivity index (χ1v) is 10.8. The molecule has 0 saturated heterocycles. The van der Waals surface area contributed by atoms with E-state index in [1.807, 2.05) is 25.3 Å². The third-order valence-electron chi connectivity index (χ3n) is 4.88. The smallest absolute Gasteiger partial charge is 0.283 e. The summed E-state index contributed by atoms with van der Waals surface area (Å²) in [4.78, 5) is 45.5.